The number of pyridine rings is 1. The standard InChI is InChI=1S/C27H36FN5O5/c1-2-17-7-19(14-30-13-17)15-31-16-24(34)22-10-18-8-20(28)11-21(9-18)38-6-4-3-5-26(36)32-23(12-25(29)35)27(37)33-22/h7-9,11,13-14,22-24,31,34H,2-6,10,12,15-16H2,1H3,(H2,29,35)(H,32,36)(H,33,37). The Labute approximate surface area is 221 Å². The number of nitrogens with zero attached hydrogens (tertiary/aromatic N) is 1. The number of nitrogens with one attached hydrogen (secondary N) is 3. The number of benzene rings is 1. The molecule has 1 aliphatic heterocycles. The number of aromatic nitrogens is 1. The van der Waals surface area contributed by atoms with Crippen LogP contribution in [0.2, 0.25) is 0 Å². The van der Waals surface area contributed by atoms with Crippen LogP contribution in [0.1, 0.15) is 49.3 Å². The summed E-state index contributed by atoms with van der Waals surface area (Å²) in [4.78, 5) is 41.3. The Bertz CT molecular complexity index is 1120. The van der Waals surface area contributed by atoms with E-state index < -0.39 is 48.1 Å². The SMILES string of the molecule is CCc1cncc(CNCC(O)C2Cc3cc(F)cc(c3)OCCCCC(=O)NC(CC(N)=O)C(=O)N2)c1. The molecule has 38 heavy (non-hydrogen) atoms. The predicted molar refractivity (Wildman–Crippen MR) is 138 cm³/mol. The van der Waals surface area contributed by atoms with E-state index in [1.165, 1.54) is 12.1 Å². The monoisotopic (exact) mass is 529 g/mol. The van der Waals surface area contributed by atoms with Crippen molar-refractivity contribution in [3.05, 3.63) is 59.2 Å². The summed E-state index contributed by atoms with van der Waals surface area (Å²) in [6, 6.07) is 4.19. The first-order valence-corrected chi connectivity index (χ1v) is 12.9. The summed E-state index contributed by atoms with van der Waals surface area (Å²) in [5.41, 5.74) is 7.86. The third-order valence-corrected chi connectivity index (χ3v) is 6.25. The molecular weight excluding hydrogens is 493 g/mol. The maximum absolute atomic E-state index is 14.3. The molecule has 1 aromatic carbocycles. The van der Waals surface area contributed by atoms with Crippen LogP contribution < -0.4 is 26.4 Å². The predicted octanol–water partition coefficient (Wildman–Crippen LogP) is 0.884. The summed E-state index contributed by atoms with van der Waals surface area (Å²) in [7, 11) is 0. The molecular formula is C27H36FN5O5. The van der Waals surface area contributed by atoms with Crippen molar-refractivity contribution in [2.45, 2.75) is 70.2 Å². The van der Waals surface area contributed by atoms with Crippen LogP contribution in [0.4, 0.5) is 4.39 Å². The second-order valence-electron chi connectivity index (χ2n) is 9.46. The Hall–Kier alpha value is -3.57. The molecule has 3 amide bonds. The van der Waals surface area contributed by atoms with E-state index in [-0.39, 0.29) is 26.0 Å². The highest BCUT2D eigenvalue weighted by Crippen LogP contribution is 2.19. The molecule has 2 aromatic rings. The zero-order valence-electron chi connectivity index (χ0n) is 21.5. The fourth-order valence-electron chi connectivity index (χ4n) is 4.24. The number of nitrogens with two attached hydrogens (primary N) is 1. The third kappa shape index (κ3) is 9.38. The molecule has 0 saturated heterocycles. The molecule has 1 aliphatic rings. The van der Waals surface area contributed by atoms with Gasteiger partial charge in [-0.15, -0.1) is 0 Å². The topological polar surface area (TPSA) is 156 Å². The maximum Gasteiger partial charge on any atom is 0.243 e. The van der Waals surface area contributed by atoms with Gasteiger partial charge >= 0.3 is 0 Å². The Morgan fingerprint density at radius 3 is 2.76 bits per heavy atom. The minimum Gasteiger partial charge on any atom is -0.493 e. The molecule has 6 N–H and O–H groups in total. The normalized spacial score (nSPS) is 19.8. The van der Waals surface area contributed by atoms with Crippen LogP contribution in [0.5, 0.6) is 5.75 Å². The number of primary amides is 1. The number of carbonyl (C=O) groups is 3. The molecule has 10 nitrogen and oxygen atoms in total. The van der Waals surface area contributed by atoms with Crippen LogP contribution >= 0.6 is 0 Å². The summed E-state index contributed by atoms with van der Waals surface area (Å²) in [6.07, 6.45) is 4.09. The van der Waals surface area contributed by atoms with Gasteiger partial charge in [-0.2, -0.15) is 0 Å². The zero-order valence-corrected chi connectivity index (χ0v) is 21.5. The van der Waals surface area contributed by atoms with Gasteiger partial charge in [-0.1, -0.05) is 13.0 Å². The highest BCUT2D eigenvalue weighted by atomic mass is 19.1. The molecule has 0 saturated carbocycles. The van der Waals surface area contributed by atoms with E-state index in [1.807, 2.05) is 13.0 Å². The zero-order chi connectivity index (χ0) is 27.5. The Kier molecular flexibility index (Phi) is 11.0. The maximum atomic E-state index is 14.3. The second-order valence-corrected chi connectivity index (χ2v) is 9.46. The van der Waals surface area contributed by atoms with Crippen molar-refractivity contribution in [2.75, 3.05) is 13.2 Å². The number of carbonyl (C=O) groups excluding carboxylic acids is 3. The van der Waals surface area contributed by atoms with Crippen molar-refractivity contribution in [1.82, 2.24) is 20.9 Å². The molecule has 206 valence electrons. The molecule has 0 radical (unpaired) electrons. The number of fused-ring (bicyclic) bond motifs is 2. The van der Waals surface area contributed by atoms with E-state index in [0.717, 1.165) is 17.5 Å². The molecule has 2 bridgehead atoms. The van der Waals surface area contributed by atoms with Gasteiger partial charge in [-0.05, 0) is 54.5 Å². The fraction of sp³-hybridized carbons (Fsp3) is 0.481. The Morgan fingerprint density at radius 1 is 1.21 bits per heavy atom. The van der Waals surface area contributed by atoms with Crippen molar-refractivity contribution in [3.8, 4) is 5.75 Å². The molecule has 0 aliphatic carbocycles. The van der Waals surface area contributed by atoms with Gasteiger partial charge in [-0.3, -0.25) is 19.4 Å². The summed E-state index contributed by atoms with van der Waals surface area (Å²) >= 11 is 0. The lowest BCUT2D eigenvalue weighted by Gasteiger charge is -2.27. The van der Waals surface area contributed by atoms with Crippen molar-refractivity contribution in [3.63, 3.8) is 0 Å². The summed E-state index contributed by atoms with van der Waals surface area (Å²) in [5.74, 6) is -2.01. The average Bonchev–Trinajstić information content (AvgIpc) is 2.87. The van der Waals surface area contributed by atoms with Crippen LogP contribution in [0.15, 0.2) is 36.7 Å². The minimum atomic E-state index is -1.20. The Balaban J connectivity index is 1.80. The first-order valence-electron chi connectivity index (χ1n) is 12.9. The van der Waals surface area contributed by atoms with E-state index in [4.69, 9.17) is 10.5 Å². The van der Waals surface area contributed by atoms with Gasteiger partial charge in [0.1, 0.15) is 17.6 Å². The number of halogens is 1. The quantitative estimate of drug-likeness (QED) is 0.340. The van der Waals surface area contributed by atoms with Crippen LogP contribution in [0.3, 0.4) is 0 Å². The minimum absolute atomic E-state index is 0.0762. The van der Waals surface area contributed by atoms with E-state index >= 15 is 0 Å². The van der Waals surface area contributed by atoms with Crippen molar-refractivity contribution < 1.29 is 28.6 Å². The van der Waals surface area contributed by atoms with E-state index in [0.29, 0.717) is 30.7 Å². The van der Waals surface area contributed by atoms with E-state index in [1.54, 1.807) is 18.5 Å². The molecule has 11 heteroatoms. The average molecular weight is 530 g/mol. The number of hydrogen-bond acceptors (Lipinski definition) is 7. The number of rotatable bonds is 8. The molecule has 3 atom stereocenters. The molecule has 0 fully saturated rings. The molecule has 3 unspecified atom stereocenters. The van der Waals surface area contributed by atoms with Gasteiger partial charge in [0, 0.05) is 38.0 Å². The lowest BCUT2D eigenvalue weighted by Crippen LogP contribution is -2.55. The fourth-order valence-corrected chi connectivity index (χ4v) is 4.24. The lowest BCUT2D eigenvalue weighted by molar-refractivity contribution is -0.132. The van der Waals surface area contributed by atoms with E-state index in [2.05, 4.69) is 20.9 Å². The first kappa shape index (κ1) is 29.0. The van der Waals surface area contributed by atoms with Crippen molar-refractivity contribution >= 4 is 17.7 Å². The van der Waals surface area contributed by atoms with Gasteiger partial charge in [0.25, 0.3) is 0 Å². The van der Waals surface area contributed by atoms with Crippen LogP contribution in [0, 0.1) is 5.82 Å². The van der Waals surface area contributed by atoms with Crippen LogP contribution in [-0.2, 0) is 33.8 Å². The van der Waals surface area contributed by atoms with Gasteiger partial charge in [0.05, 0.1) is 25.2 Å². The summed E-state index contributed by atoms with van der Waals surface area (Å²) in [6.45, 7) is 2.86. The van der Waals surface area contributed by atoms with Crippen molar-refractivity contribution in [2.24, 2.45) is 5.73 Å². The van der Waals surface area contributed by atoms with Gasteiger partial charge in [0.2, 0.25) is 17.7 Å². The van der Waals surface area contributed by atoms with Gasteiger partial charge in [0.15, 0.2) is 0 Å². The van der Waals surface area contributed by atoms with Crippen molar-refractivity contribution in [1.29, 1.82) is 0 Å². The largest absolute Gasteiger partial charge is 0.493 e. The Morgan fingerprint density at radius 2 is 2.00 bits per heavy atom. The summed E-state index contributed by atoms with van der Waals surface area (Å²) < 4.78 is 20.0. The number of amides is 3. The smallest absolute Gasteiger partial charge is 0.243 e. The molecule has 2 heterocycles. The second kappa shape index (κ2) is 14.4. The van der Waals surface area contributed by atoms with Gasteiger partial charge in [-0.25, -0.2) is 4.39 Å². The van der Waals surface area contributed by atoms with Crippen LogP contribution in [-0.4, -0.2) is 59.2 Å². The third-order valence-electron chi connectivity index (χ3n) is 6.25. The highest BCUT2D eigenvalue weighted by molar-refractivity contribution is 5.91. The van der Waals surface area contributed by atoms with Crippen LogP contribution in [0.25, 0.3) is 0 Å². The number of aliphatic hydroxyl groups excluding tert-OH is 1. The summed E-state index contributed by atoms with van der Waals surface area (Å²) in [5, 5.41) is 19.5. The number of aliphatic hydroxyl groups is 1. The highest BCUT2D eigenvalue weighted by Gasteiger charge is 2.28. The van der Waals surface area contributed by atoms with Gasteiger partial charge < -0.3 is 31.5 Å². The molecule has 1 aromatic heterocycles. The number of hydrogen-bond donors (Lipinski definition) is 5. The lowest BCUT2D eigenvalue weighted by atomic mass is 9.99. The molecule has 3 rings (SSSR count). The molecule has 0 spiro atoms. The number of ether oxygens (including phenoxy) is 1. The number of aryl methyl sites for hydroxylation is 1. The van der Waals surface area contributed by atoms with E-state index in [9.17, 15) is 23.9 Å². The first-order chi connectivity index (χ1) is 18.2.